The predicted octanol–water partition coefficient (Wildman–Crippen LogP) is 0.748. The number of nitrogens with one attached hydrogen (secondary N) is 1. The molecular formula is C8H10ClN3O4. The largest absolute Gasteiger partial charge is 0.432 e. The molecule has 0 radical (unpaired) electrons. The van der Waals surface area contributed by atoms with E-state index in [0.717, 1.165) is 0 Å². The summed E-state index contributed by atoms with van der Waals surface area (Å²) in [7, 11) is 0. The Balaban J connectivity index is 2.11. The first-order chi connectivity index (χ1) is 7.61. The number of alkyl halides is 1. The molecule has 0 unspecified atom stereocenters. The molecule has 1 aliphatic heterocycles. The van der Waals surface area contributed by atoms with Crippen molar-refractivity contribution >= 4 is 17.5 Å². The van der Waals surface area contributed by atoms with Crippen LogP contribution in [0.1, 0.15) is 18.2 Å². The van der Waals surface area contributed by atoms with Gasteiger partial charge in [-0.1, -0.05) is 4.98 Å². The lowest BCUT2D eigenvalue weighted by molar-refractivity contribution is -0.393. The number of nitrogens with zero attached hydrogens (tertiary/aromatic N) is 2. The zero-order valence-electron chi connectivity index (χ0n) is 8.17. The number of imidazole rings is 1. The first kappa shape index (κ1) is 11.3. The van der Waals surface area contributed by atoms with Crippen LogP contribution in [0, 0.1) is 10.1 Å². The van der Waals surface area contributed by atoms with Crippen molar-refractivity contribution in [1.82, 2.24) is 9.97 Å². The Hall–Kier alpha value is -1.18. The van der Waals surface area contributed by atoms with Crippen molar-refractivity contribution in [3.63, 3.8) is 0 Å². The molecule has 1 fully saturated rings. The maximum absolute atomic E-state index is 10.4. The highest BCUT2D eigenvalue weighted by Crippen LogP contribution is 2.33. The summed E-state index contributed by atoms with van der Waals surface area (Å²) >= 11 is 5.59. The number of aromatic nitrogens is 2. The number of rotatable bonds is 3. The SMILES string of the molecule is O=[N+]([O-])c1ncc([C@H]2C[C@H](O)[C@@H](CCl)O2)[nH]1. The molecule has 0 bridgehead atoms. The molecule has 16 heavy (non-hydrogen) atoms. The number of H-pyrrole nitrogens is 1. The van der Waals surface area contributed by atoms with Gasteiger partial charge in [0.2, 0.25) is 0 Å². The summed E-state index contributed by atoms with van der Waals surface area (Å²) in [5.74, 6) is -0.143. The van der Waals surface area contributed by atoms with E-state index >= 15 is 0 Å². The Morgan fingerprint density at radius 3 is 3.06 bits per heavy atom. The second kappa shape index (κ2) is 4.36. The molecule has 1 aromatic heterocycles. The van der Waals surface area contributed by atoms with Crippen LogP contribution in [0.15, 0.2) is 6.20 Å². The van der Waals surface area contributed by atoms with E-state index < -0.39 is 23.2 Å². The van der Waals surface area contributed by atoms with Gasteiger partial charge in [-0.2, -0.15) is 0 Å². The second-order valence-corrected chi connectivity index (χ2v) is 3.85. The Bertz CT molecular complexity index is 396. The number of hydrogen-bond donors (Lipinski definition) is 2. The maximum atomic E-state index is 10.4. The zero-order valence-corrected chi connectivity index (χ0v) is 8.92. The molecule has 7 nitrogen and oxygen atoms in total. The Labute approximate surface area is 95.5 Å². The molecule has 2 rings (SSSR count). The van der Waals surface area contributed by atoms with Crippen molar-refractivity contribution in [2.75, 3.05) is 5.88 Å². The van der Waals surface area contributed by atoms with Gasteiger partial charge in [0.15, 0.2) is 0 Å². The van der Waals surface area contributed by atoms with Crippen LogP contribution in [0.5, 0.6) is 0 Å². The predicted molar refractivity (Wildman–Crippen MR) is 54.2 cm³/mol. The third kappa shape index (κ3) is 2.01. The van der Waals surface area contributed by atoms with Crippen molar-refractivity contribution < 1.29 is 14.8 Å². The fourth-order valence-corrected chi connectivity index (χ4v) is 1.93. The van der Waals surface area contributed by atoms with Gasteiger partial charge in [0.25, 0.3) is 0 Å². The van der Waals surface area contributed by atoms with Crippen molar-refractivity contribution in [3.05, 3.63) is 22.0 Å². The van der Waals surface area contributed by atoms with Gasteiger partial charge in [-0.3, -0.25) is 0 Å². The molecule has 0 aromatic carbocycles. The fourth-order valence-electron chi connectivity index (χ4n) is 1.65. The summed E-state index contributed by atoms with van der Waals surface area (Å²) in [6.07, 6.45) is 0.196. The number of hydrogen-bond acceptors (Lipinski definition) is 5. The molecule has 8 heteroatoms. The first-order valence-corrected chi connectivity index (χ1v) is 5.24. The smallest absolute Gasteiger partial charge is 0.390 e. The minimum Gasteiger partial charge on any atom is -0.390 e. The standard InChI is InChI=1S/C8H10ClN3O4/c9-2-7-5(13)1-6(16-7)4-3-10-8(11-4)12(14)15/h3,5-7,13H,1-2H2,(H,10,11)/t5-,6+,7+/m0/s1. The lowest BCUT2D eigenvalue weighted by Gasteiger charge is -2.09. The van der Waals surface area contributed by atoms with E-state index in [1.54, 1.807) is 0 Å². The van der Waals surface area contributed by atoms with E-state index in [-0.39, 0.29) is 11.8 Å². The van der Waals surface area contributed by atoms with Gasteiger partial charge in [-0.25, -0.2) is 4.98 Å². The van der Waals surface area contributed by atoms with Crippen LogP contribution in [-0.4, -0.2) is 38.1 Å². The van der Waals surface area contributed by atoms with Crippen molar-refractivity contribution in [1.29, 1.82) is 0 Å². The van der Waals surface area contributed by atoms with Gasteiger partial charge < -0.3 is 20.0 Å². The van der Waals surface area contributed by atoms with E-state index in [4.69, 9.17) is 16.3 Å². The highest BCUT2D eigenvalue weighted by molar-refractivity contribution is 6.18. The van der Waals surface area contributed by atoms with Crippen LogP contribution in [-0.2, 0) is 4.74 Å². The first-order valence-electron chi connectivity index (χ1n) is 4.70. The van der Waals surface area contributed by atoms with E-state index in [1.165, 1.54) is 6.20 Å². The molecule has 2 N–H and O–H groups in total. The molecule has 0 aliphatic carbocycles. The van der Waals surface area contributed by atoms with E-state index in [2.05, 4.69) is 9.97 Å². The summed E-state index contributed by atoms with van der Waals surface area (Å²) in [5, 5.41) is 20.0. The molecule has 1 saturated heterocycles. The number of nitro groups is 1. The number of ether oxygens (including phenoxy) is 1. The van der Waals surface area contributed by atoms with Gasteiger partial charge in [0, 0.05) is 6.42 Å². The Kier molecular flexibility index (Phi) is 3.08. The van der Waals surface area contributed by atoms with Gasteiger partial charge in [-0.05, 0) is 4.92 Å². The molecule has 1 aliphatic rings. The zero-order chi connectivity index (χ0) is 11.7. The van der Waals surface area contributed by atoms with Crippen molar-refractivity contribution in [3.8, 4) is 0 Å². The molecular weight excluding hydrogens is 238 g/mol. The van der Waals surface area contributed by atoms with Gasteiger partial charge in [0.05, 0.1) is 18.1 Å². The second-order valence-electron chi connectivity index (χ2n) is 3.54. The normalized spacial score (nSPS) is 29.5. The van der Waals surface area contributed by atoms with Crippen molar-refractivity contribution in [2.24, 2.45) is 0 Å². The lowest BCUT2D eigenvalue weighted by Crippen LogP contribution is -2.21. The van der Waals surface area contributed by atoms with E-state index in [9.17, 15) is 15.2 Å². The highest BCUT2D eigenvalue weighted by Gasteiger charge is 2.36. The monoisotopic (exact) mass is 247 g/mol. The summed E-state index contributed by atoms with van der Waals surface area (Å²) < 4.78 is 5.43. The van der Waals surface area contributed by atoms with Crippen LogP contribution in [0.25, 0.3) is 0 Å². The lowest BCUT2D eigenvalue weighted by atomic mass is 10.1. The summed E-state index contributed by atoms with van der Waals surface area (Å²) in [6, 6.07) is 0. The van der Waals surface area contributed by atoms with Gasteiger partial charge >= 0.3 is 5.95 Å². The highest BCUT2D eigenvalue weighted by atomic mass is 35.5. The third-order valence-corrected chi connectivity index (χ3v) is 2.78. The van der Waals surface area contributed by atoms with Gasteiger partial charge in [0.1, 0.15) is 18.0 Å². The number of halogens is 1. The van der Waals surface area contributed by atoms with E-state index in [0.29, 0.717) is 12.1 Å². The summed E-state index contributed by atoms with van der Waals surface area (Å²) in [6.45, 7) is 0. The summed E-state index contributed by atoms with van der Waals surface area (Å²) in [4.78, 5) is 15.9. The fraction of sp³-hybridized carbons (Fsp3) is 0.625. The average Bonchev–Trinajstić information content (AvgIpc) is 2.83. The Morgan fingerprint density at radius 1 is 1.81 bits per heavy atom. The molecule has 0 saturated carbocycles. The molecule has 1 aromatic rings. The van der Waals surface area contributed by atoms with Crippen LogP contribution in [0.2, 0.25) is 0 Å². The number of aliphatic hydroxyl groups is 1. The molecule has 3 atom stereocenters. The quantitative estimate of drug-likeness (QED) is 0.466. The molecule has 88 valence electrons. The third-order valence-electron chi connectivity index (χ3n) is 2.48. The maximum Gasteiger partial charge on any atom is 0.432 e. The minimum atomic E-state index is -0.648. The minimum absolute atomic E-state index is 0.188. The Morgan fingerprint density at radius 2 is 2.56 bits per heavy atom. The van der Waals surface area contributed by atoms with Crippen LogP contribution in [0.3, 0.4) is 0 Å². The molecule has 0 amide bonds. The van der Waals surface area contributed by atoms with Gasteiger partial charge in [-0.15, -0.1) is 11.6 Å². The number of aliphatic hydroxyl groups excluding tert-OH is 1. The number of aromatic amines is 1. The van der Waals surface area contributed by atoms with Crippen LogP contribution >= 0.6 is 11.6 Å². The topological polar surface area (TPSA) is 101 Å². The summed E-state index contributed by atoms with van der Waals surface area (Å²) in [5.41, 5.74) is 0.485. The average molecular weight is 248 g/mol. The molecule has 0 spiro atoms. The van der Waals surface area contributed by atoms with Crippen molar-refractivity contribution in [2.45, 2.75) is 24.7 Å². The van der Waals surface area contributed by atoms with Crippen LogP contribution < -0.4 is 0 Å². The molecule has 2 heterocycles. The van der Waals surface area contributed by atoms with Crippen LogP contribution in [0.4, 0.5) is 5.95 Å². The van der Waals surface area contributed by atoms with E-state index in [1.807, 2.05) is 0 Å².